The molecule has 2 saturated heterocycles. The Morgan fingerprint density at radius 3 is 2.52 bits per heavy atom. The third-order valence-electron chi connectivity index (χ3n) is 5.87. The first kappa shape index (κ1) is 19.6. The van der Waals surface area contributed by atoms with E-state index in [0.717, 1.165) is 31.6 Å². The monoisotopic (exact) mass is 395 g/mol. The van der Waals surface area contributed by atoms with Gasteiger partial charge in [0.15, 0.2) is 11.5 Å². The van der Waals surface area contributed by atoms with Crippen molar-refractivity contribution in [2.24, 2.45) is 5.92 Å². The van der Waals surface area contributed by atoms with Crippen molar-refractivity contribution < 1.29 is 14.3 Å². The van der Waals surface area contributed by atoms with Gasteiger partial charge in [-0.25, -0.2) is 9.80 Å². The Balaban J connectivity index is 1.43. The number of urea groups is 1. The number of ether oxygens (including phenoxy) is 2. The number of hydrogen-bond donors (Lipinski definition) is 0. The lowest BCUT2D eigenvalue weighted by atomic mass is 9.92. The summed E-state index contributed by atoms with van der Waals surface area (Å²) in [5, 5.41) is 4.17. The highest BCUT2D eigenvalue weighted by Gasteiger charge is 2.36. The van der Waals surface area contributed by atoms with Gasteiger partial charge in [-0.1, -0.05) is 30.3 Å². The quantitative estimate of drug-likeness (QED) is 0.746. The molecule has 2 heterocycles. The highest BCUT2D eigenvalue weighted by Crippen LogP contribution is 2.33. The van der Waals surface area contributed by atoms with Crippen molar-refractivity contribution in [3.63, 3.8) is 0 Å². The Morgan fingerprint density at radius 2 is 1.76 bits per heavy atom. The van der Waals surface area contributed by atoms with E-state index in [1.165, 1.54) is 12.0 Å². The average molecular weight is 396 g/mol. The molecule has 2 aromatic rings. The Hall–Kier alpha value is -2.73. The molecule has 0 radical (unpaired) electrons. The second kappa shape index (κ2) is 8.74. The number of piperidine rings is 1. The molecular formula is C23H29N3O3. The van der Waals surface area contributed by atoms with Crippen LogP contribution in [0.5, 0.6) is 11.5 Å². The number of methoxy groups -OCH3 is 2. The Morgan fingerprint density at radius 1 is 0.966 bits per heavy atom. The lowest BCUT2D eigenvalue weighted by Crippen LogP contribution is -2.50. The first-order valence-electron chi connectivity index (χ1n) is 10.3. The second-order valence-corrected chi connectivity index (χ2v) is 7.71. The third-order valence-corrected chi connectivity index (χ3v) is 5.87. The maximum atomic E-state index is 13.2. The largest absolute Gasteiger partial charge is 0.493 e. The Labute approximate surface area is 172 Å². The molecular weight excluding hydrogens is 366 g/mol. The smallest absolute Gasteiger partial charge is 0.339 e. The zero-order valence-electron chi connectivity index (χ0n) is 17.2. The standard InChI is InChI=1S/C23H29N3O3/c1-28-21-11-10-20(16-22(21)29-2)25-13-14-26(23(25)27)24-12-6-9-19(17-24)15-18-7-4-3-5-8-18/h3-5,7-8,10-11,16,19H,6,9,12-15,17H2,1-2H3/t19-/m1/s1. The predicted molar refractivity (Wildman–Crippen MR) is 113 cm³/mol. The minimum Gasteiger partial charge on any atom is -0.493 e. The van der Waals surface area contributed by atoms with Crippen LogP contribution in [0.25, 0.3) is 0 Å². The zero-order valence-corrected chi connectivity index (χ0v) is 17.2. The van der Waals surface area contributed by atoms with Gasteiger partial charge in [0.25, 0.3) is 0 Å². The van der Waals surface area contributed by atoms with Crippen LogP contribution < -0.4 is 14.4 Å². The third kappa shape index (κ3) is 4.17. The summed E-state index contributed by atoms with van der Waals surface area (Å²) < 4.78 is 10.7. The molecule has 0 unspecified atom stereocenters. The summed E-state index contributed by atoms with van der Waals surface area (Å²) in [6.45, 7) is 3.26. The number of anilines is 1. The lowest BCUT2D eigenvalue weighted by Gasteiger charge is -2.38. The number of carbonyl (C=O) groups is 1. The van der Waals surface area contributed by atoms with Crippen molar-refractivity contribution in [3.05, 3.63) is 54.1 Å². The summed E-state index contributed by atoms with van der Waals surface area (Å²) in [5.74, 6) is 1.88. The van der Waals surface area contributed by atoms with E-state index in [1.54, 1.807) is 14.2 Å². The van der Waals surface area contributed by atoms with E-state index in [-0.39, 0.29) is 6.03 Å². The van der Waals surface area contributed by atoms with E-state index in [1.807, 2.05) is 28.1 Å². The second-order valence-electron chi connectivity index (χ2n) is 7.71. The van der Waals surface area contributed by atoms with E-state index in [2.05, 4.69) is 35.3 Å². The van der Waals surface area contributed by atoms with Gasteiger partial charge in [0.2, 0.25) is 0 Å². The minimum atomic E-state index is 0.0394. The highest BCUT2D eigenvalue weighted by molar-refractivity contribution is 5.94. The van der Waals surface area contributed by atoms with Gasteiger partial charge in [-0.2, -0.15) is 0 Å². The Bertz CT molecular complexity index is 843. The molecule has 0 spiro atoms. The number of benzene rings is 2. The van der Waals surface area contributed by atoms with Crippen LogP contribution in [0.15, 0.2) is 48.5 Å². The van der Waals surface area contributed by atoms with Crippen LogP contribution in [-0.2, 0) is 6.42 Å². The van der Waals surface area contributed by atoms with Crippen molar-refractivity contribution in [1.29, 1.82) is 0 Å². The summed E-state index contributed by atoms with van der Waals surface area (Å²) in [6.07, 6.45) is 3.41. The molecule has 2 fully saturated rings. The van der Waals surface area contributed by atoms with Crippen molar-refractivity contribution in [3.8, 4) is 11.5 Å². The summed E-state index contributed by atoms with van der Waals surface area (Å²) in [7, 11) is 3.23. The highest BCUT2D eigenvalue weighted by atomic mass is 16.5. The number of hydrazine groups is 1. The van der Waals surface area contributed by atoms with Crippen LogP contribution in [0.1, 0.15) is 18.4 Å². The molecule has 4 rings (SSSR count). The van der Waals surface area contributed by atoms with Crippen LogP contribution in [0, 0.1) is 5.92 Å². The average Bonchev–Trinajstić information content (AvgIpc) is 3.15. The number of carbonyl (C=O) groups excluding carboxylic acids is 1. The number of nitrogens with zero attached hydrogens (tertiary/aromatic N) is 3. The first-order chi connectivity index (χ1) is 14.2. The van der Waals surface area contributed by atoms with E-state index >= 15 is 0 Å². The fourth-order valence-corrected chi connectivity index (χ4v) is 4.40. The zero-order chi connectivity index (χ0) is 20.2. The van der Waals surface area contributed by atoms with Crippen molar-refractivity contribution in [2.45, 2.75) is 19.3 Å². The van der Waals surface area contributed by atoms with Gasteiger partial charge in [0.05, 0.1) is 20.8 Å². The van der Waals surface area contributed by atoms with E-state index in [0.29, 0.717) is 30.5 Å². The van der Waals surface area contributed by atoms with Gasteiger partial charge in [-0.05, 0) is 42.9 Å². The molecule has 0 bridgehead atoms. The summed E-state index contributed by atoms with van der Waals surface area (Å²) in [4.78, 5) is 15.0. The van der Waals surface area contributed by atoms with Crippen LogP contribution in [0.3, 0.4) is 0 Å². The maximum absolute atomic E-state index is 13.2. The fourth-order valence-electron chi connectivity index (χ4n) is 4.40. The Kier molecular flexibility index (Phi) is 5.90. The normalized spacial score (nSPS) is 20.2. The van der Waals surface area contributed by atoms with E-state index < -0.39 is 0 Å². The molecule has 0 saturated carbocycles. The molecule has 2 aliphatic rings. The van der Waals surface area contributed by atoms with Gasteiger partial charge in [-0.15, -0.1) is 0 Å². The molecule has 154 valence electrons. The van der Waals surface area contributed by atoms with Crippen molar-refractivity contribution in [2.75, 3.05) is 45.3 Å². The number of amides is 2. The predicted octanol–water partition coefficient (Wildman–Crippen LogP) is 3.82. The molecule has 2 aliphatic heterocycles. The minimum absolute atomic E-state index is 0.0394. The van der Waals surface area contributed by atoms with Gasteiger partial charge in [-0.3, -0.25) is 9.91 Å². The molecule has 6 heteroatoms. The van der Waals surface area contributed by atoms with Crippen LogP contribution in [0.2, 0.25) is 0 Å². The molecule has 0 aromatic heterocycles. The fraction of sp³-hybridized carbons (Fsp3) is 0.435. The van der Waals surface area contributed by atoms with E-state index in [4.69, 9.17) is 9.47 Å². The van der Waals surface area contributed by atoms with Gasteiger partial charge < -0.3 is 9.47 Å². The van der Waals surface area contributed by atoms with Crippen molar-refractivity contribution in [1.82, 2.24) is 10.0 Å². The van der Waals surface area contributed by atoms with E-state index in [9.17, 15) is 4.79 Å². The number of hydrogen-bond acceptors (Lipinski definition) is 4. The van der Waals surface area contributed by atoms with Crippen LogP contribution in [-0.4, -0.2) is 56.4 Å². The summed E-state index contributed by atoms with van der Waals surface area (Å²) in [6, 6.07) is 16.3. The SMILES string of the molecule is COc1ccc(N2CCN(N3CCC[C@H](Cc4ccccc4)C3)C2=O)cc1OC. The lowest BCUT2D eigenvalue weighted by molar-refractivity contribution is -0.00402. The summed E-state index contributed by atoms with van der Waals surface area (Å²) >= 11 is 0. The molecule has 29 heavy (non-hydrogen) atoms. The summed E-state index contributed by atoms with van der Waals surface area (Å²) in [5.41, 5.74) is 2.21. The maximum Gasteiger partial charge on any atom is 0.339 e. The van der Waals surface area contributed by atoms with Crippen LogP contribution >= 0.6 is 0 Å². The van der Waals surface area contributed by atoms with Crippen molar-refractivity contribution >= 4 is 11.7 Å². The molecule has 0 aliphatic carbocycles. The van der Waals surface area contributed by atoms with Gasteiger partial charge >= 0.3 is 6.03 Å². The number of rotatable bonds is 6. The molecule has 0 N–H and O–H groups in total. The molecule has 1 atom stereocenters. The van der Waals surface area contributed by atoms with Gasteiger partial charge in [0, 0.05) is 31.4 Å². The molecule has 2 aromatic carbocycles. The van der Waals surface area contributed by atoms with Crippen LogP contribution in [0.4, 0.5) is 10.5 Å². The first-order valence-corrected chi connectivity index (χ1v) is 10.3. The topological polar surface area (TPSA) is 45.2 Å². The molecule has 2 amide bonds. The van der Waals surface area contributed by atoms with Gasteiger partial charge in [0.1, 0.15) is 0 Å². The molecule has 6 nitrogen and oxygen atoms in total.